The van der Waals surface area contributed by atoms with Gasteiger partial charge in [-0.05, 0) is 37.4 Å². The van der Waals surface area contributed by atoms with Crippen LogP contribution in [0.5, 0.6) is 11.6 Å². The molecule has 1 radical (unpaired) electrons. The molecule has 0 amide bonds. The van der Waals surface area contributed by atoms with Crippen molar-refractivity contribution in [2.75, 3.05) is 38.1 Å². The number of hydrogen-bond acceptors (Lipinski definition) is 6. The van der Waals surface area contributed by atoms with Crippen molar-refractivity contribution >= 4 is 29.2 Å². The Morgan fingerprint density at radius 3 is 2.32 bits per heavy atom. The first-order chi connectivity index (χ1) is 13.6. The molecule has 1 aromatic carbocycles. The molecule has 0 bridgehead atoms. The normalized spacial score (nSPS) is 14.9. The van der Waals surface area contributed by atoms with E-state index in [1.165, 1.54) is 0 Å². The maximum atomic E-state index is 6.08. The molecular formula is C20H18Cl2N5O. The predicted molar refractivity (Wildman–Crippen MR) is 110 cm³/mol. The topological polar surface area (TPSA) is 54.4 Å². The van der Waals surface area contributed by atoms with Gasteiger partial charge in [0, 0.05) is 47.9 Å². The number of rotatable bonds is 4. The van der Waals surface area contributed by atoms with Crippen LogP contribution in [0.1, 0.15) is 0 Å². The minimum absolute atomic E-state index is 0.393. The van der Waals surface area contributed by atoms with Gasteiger partial charge in [-0.2, -0.15) is 0 Å². The lowest BCUT2D eigenvalue weighted by Gasteiger charge is -2.32. The van der Waals surface area contributed by atoms with Crippen LogP contribution in [0.3, 0.4) is 0 Å². The molecule has 6 nitrogen and oxygen atoms in total. The van der Waals surface area contributed by atoms with E-state index in [9.17, 15) is 0 Å². The van der Waals surface area contributed by atoms with Gasteiger partial charge in [0.25, 0.3) is 0 Å². The van der Waals surface area contributed by atoms with Crippen LogP contribution in [0.2, 0.25) is 10.0 Å². The lowest BCUT2D eigenvalue weighted by Crippen LogP contribution is -2.45. The molecule has 1 fully saturated rings. The number of nitrogens with zero attached hydrogens (tertiary/aromatic N) is 5. The molecule has 0 atom stereocenters. The number of pyridine rings is 1. The summed E-state index contributed by atoms with van der Waals surface area (Å²) in [4.78, 5) is 17.8. The standard InChI is InChI=1S/C20H18Cl2N5O/c1-26-5-7-27(8-6-26)20-23-12-17(13-24-20)28-19-4-2-3-18(25-19)14-9-15(21)11-16(22)10-14/h3-4,9-13H,5-8H2,1H3. The van der Waals surface area contributed by atoms with Crippen molar-refractivity contribution in [3.05, 3.63) is 58.8 Å². The largest absolute Gasteiger partial charge is 0.436 e. The number of aromatic nitrogens is 3. The molecule has 0 saturated carbocycles. The van der Waals surface area contributed by atoms with Crippen molar-refractivity contribution in [3.8, 4) is 22.9 Å². The van der Waals surface area contributed by atoms with Crippen molar-refractivity contribution < 1.29 is 4.74 Å². The van der Waals surface area contributed by atoms with Gasteiger partial charge in [0.1, 0.15) is 0 Å². The lowest BCUT2D eigenvalue weighted by molar-refractivity contribution is 0.311. The predicted octanol–water partition coefficient (Wildman–Crippen LogP) is 4.19. The first kappa shape index (κ1) is 18.9. The zero-order valence-corrected chi connectivity index (χ0v) is 16.8. The Morgan fingerprint density at radius 2 is 1.64 bits per heavy atom. The van der Waals surface area contributed by atoms with Crippen LogP contribution < -0.4 is 9.64 Å². The van der Waals surface area contributed by atoms with E-state index in [0.29, 0.717) is 33.3 Å². The van der Waals surface area contributed by atoms with Crippen LogP contribution in [-0.4, -0.2) is 53.1 Å². The Kier molecular flexibility index (Phi) is 5.62. The minimum Gasteiger partial charge on any atom is -0.436 e. The second-order valence-electron chi connectivity index (χ2n) is 6.56. The van der Waals surface area contributed by atoms with E-state index >= 15 is 0 Å². The minimum atomic E-state index is 0.393. The highest BCUT2D eigenvalue weighted by Crippen LogP contribution is 2.28. The third-order valence-electron chi connectivity index (χ3n) is 4.44. The van der Waals surface area contributed by atoms with Crippen LogP contribution in [-0.2, 0) is 0 Å². The summed E-state index contributed by atoms with van der Waals surface area (Å²) in [5.41, 5.74) is 1.46. The molecule has 1 aliphatic rings. The maximum Gasteiger partial charge on any atom is 0.225 e. The number of benzene rings is 1. The van der Waals surface area contributed by atoms with Crippen LogP contribution in [0.25, 0.3) is 11.3 Å². The first-order valence-corrected chi connectivity index (χ1v) is 9.60. The average molecular weight is 415 g/mol. The van der Waals surface area contributed by atoms with Gasteiger partial charge in [0.05, 0.1) is 18.1 Å². The van der Waals surface area contributed by atoms with E-state index in [4.69, 9.17) is 27.9 Å². The average Bonchev–Trinajstić information content (AvgIpc) is 2.69. The molecule has 28 heavy (non-hydrogen) atoms. The molecule has 0 N–H and O–H groups in total. The van der Waals surface area contributed by atoms with Gasteiger partial charge < -0.3 is 14.5 Å². The Balaban J connectivity index is 1.48. The highest BCUT2D eigenvalue weighted by Gasteiger charge is 2.16. The monoisotopic (exact) mass is 414 g/mol. The third-order valence-corrected chi connectivity index (χ3v) is 4.88. The second-order valence-corrected chi connectivity index (χ2v) is 7.43. The highest BCUT2D eigenvalue weighted by molar-refractivity contribution is 6.35. The van der Waals surface area contributed by atoms with Gasteiger partial charge in [-0.25, -0.2) is 15.0 Å². The number of hydrogen-bond donors (Lipinski definition) is 0. The van der Waals surface area contributed by atoms with Crippen LogP contribution in [0.15, 0.2) is 42.7 Å². The Hall–Kier alpha value is -2.41. The van der Waals surface area contributed by atoms with Gasteiger partial charge in [0.15, 0.2) is 5.75 Å². The first-order valence-electron chi connectivity index (χ1n) is 8.85. The summed E-state index contributed by atoms with van der Waals surface area (Å²) in [6.07, 6.45) is 3.32. The molecule has 3 heterocycles. The van der Waals surface area contributed by atoms with E-state index in [-0.39, 0.29) is 0 Å². The quantitative estimate of drug-likeness (QED) is 0.637. The lowest BCUT2D eigenvalue weighted by atomic mass is 10.1. The van der Waals surface area contributed by atoms with Crippen molar-refractivity contribution in [2.45, 2.75) is 0 Å². The third kappa shape index (κ3) is 4.52. The molecule has 0 spiro atoms. The van der Waals surface area contributed by atoms with Crippen LogP contribution >= 0.6 is 23.2 Å². The van der Waals surface area contributed by atoms with Crippen LogP contribution in [0.4, 0.5) is 5.95 Å². The Labute approximate surface area is 173 Å². The van der Waals surface area contributed by atoms with E-state index in [0.717, 1.165) is 31.7 Å². The summed E-state index contributed by atoms with van der Waals surface area (Å²) < 4.78 is 5.80. The molecular weight excluding hydrogens is 397 g/mol. The number of halogens is 2. The smallest absolute Gasteiger partial charge is 0.225 e. The van der Waals surface area contributed by atoms with E-state index < -0.39 is 0 Å². The molecule has 143 valence electrons. The van der Waals surface area contributed by atoms with E-state index in [1.54, 1.807) is 42.7 Å². The van der Waals surface area contributed by atoms with Crippen LogP contribution in [0, 0.1) is 6.07 Å². The van der Waals surface area contributed by atoms with Gasteiger partial charge >= 0.3 is 0 Å². The summed E-state index contributed by atoms with van der Waals surface area (Å²) in [7, 11) is 2.12. The fraction of sp³-hybridized carbons (Fsp3) is 0.250. The maximum absolute atomic E-state index is 6.08. The van der Waals surface area contributed by atoms with Gasteiger partial charge in [0.2, 0.25) is 11.8 Å². The SMILES string of the molecule is CN1CCN(c2ncc(Oc3c[c]cc(-c4cc(Cl)cc(Cl)c4)n3)cn2)CC1. The van der Waals surface area contributed by atoms with E-state index in [2.05, 4.69) is 37.9 Å². The molecule has 1 saturated heterocycles. The highest BCUT2D eigenvalue weighted by atomic mass is 35.5. The second kappa shape index (κ2) is 8.31. The molecule has 0 unspecified atom stereocenters. The molecule has 3 aromatic rings. The molecule has 0 aliphatic carbocycles. The molecule has 4 rings (SSSR count). The van der Waals surface area contributed by atoms with Crippen molar-refractivity contribution in [1.29, 1.82) is 0 Å². The van der Waals surface area contributed by atoms with Crippen molar-refractivity contribution in [2.24, 2.45) is 0 Å². The Morgan fingerprint density at radius 1 is 0.964 bits per heavy atom. The fourth-order valence-corrected chi connectivity index (χ4v) is 3.46. The van der Waals surface area contributed by atoms with Crippen molar-refractivity contribution in [3.63, 3.8) is 0 Å². The van der Waals surface area contributed by atoms with Gasteiger partial charge in [-0.15, -0.1) is 0 Å². The Bertz CT molecular complexity index is 939. The van der Waals surface area contributed by atoms with Gasteiger partial charge in [-0.1, -0.05) is 23.2 Å². The van der Waals surface area contributed by atoms with Gasteiger partial charge in [-0.3, -0.25) is 0 Å². The zero-order chi connectivity index (χ0) is 19.5. The molecule has 8 heteroatoms. The fourth-order valence-electron chi connectivity index (χ4n) is 2.93. The molecule has 1 aliphatic heterocycles. The van der Waals surface area contributed by atoms with Crippen molar-refractivity contribution in [1.82, 2.24) is 19.9 Å². The summed E-state index contributed by atoms with van der Waals surface area (Å²) in [5, 5.41) is 1.09. The number of anilines is 1. The molecule has 2 aromatic heterocycles. The summed E-state index contributed by atoms with van der Waals surface area (Å²) in [6, 6.07) is 11.7. The number of piperazine rings is 1. The summed E-state index contributed by atoms with van der Waals surface area (Å²) in [6.45, 7) is 3.83. The number of ether oxygens (including phenoxy) is 1. The number of likely N-dealkylation sites (N-methyl/N-ethyl adjacent to an activating group) is 1. The summed E-state index contributed by atoms with van der Waals surface area (Å²) >= 11 is 12.2. The zero-order valence-electron chi connectivity index (χ0n) is 15.3. The van der Waals surface area contributed by atoms with E-state index in [1.807, 2.05) is 0 Å². The summed E-state index contributed by atoms with van der Waals surface area (Å²) in [5.74, 6) is 1.62.